The molecule has 0 radical (unpaired) electrons. The molecule has 102 valence electrons. The van der Waals surface area contributed by atoms with Gasteiger partial charge in [-0.25, -0.2) is 0 Å². The number of carboxylic acid groups (broad SMARTS) is 1. The summed E-state index contributed by atoms with van der Waals surface area (Å²) in [5, 5.41) is 8.93. The molecule has 0 spiro atoms. The van der Waals surface area contributed by atoms with Crippen LogP contribution in [0.15, 0.2) is 18.5 Å². The first kappa shape index (κ1) is 13.5. The first-order valence-corrected chi connectivity index (χ1v) is 6.52. The van der Waals surface area contributed by atoms with Crippen molar-refractivity contribution in [3.8, 4) is 0 Å². The highest BCUT2D eigenvalue weighted by Gasteiger charge is 2.29. The molecule has 1 N–H and O–H groups in total. The summed E-state index contributed by atoms with van der Waals surface area (Å²) in [6, 6.07) is 1.60. The minimum atomic E-state index is -0.855. The zero-order valence-corrected chi connectivity index (χ0v) is 11.0. The molecule has 0 aliphatic carbocycles. The number of aliphatic carboxylic acids is 1. The average Bonchev–Trinajstić information content (AvgIpc) is 2.38. The van der Waals surface area contributed by atoms with E-state index in [1.807, 2.05) is 6.92 Å². The van der Waals surface area contributed by atoms with Crippen LogP contribution in [-0.2, 0) is 4.79 Å². The third-order valence-electron chi connectivity index (χ3n) is 3.42. The van der Waals surface area contributed by atoms with E-state index in [-0.39, 0.29) is 18.4 Å². The third-order valence-corrected chi connectivity index (χ3v) is 3.42. The lowest BCUT2D eigenvalue weighted by Gasteiger charge is -2.35. The van der Waals surface area contributed by atoms with E-state index in [2.05, 4.69) is 4.98 Å². The highest BCUT2D eigenvalue weighted by molar-refractivity contribution is 5.94. The number of hydrogen-bond donors (Lipinski definition) is 1. The Balaban J connectivity index is 2.17. The minimum Gasteiger partial charge on any atom is -0.481 e. The fraction of sp³-hybridized carbons (Fsp3) is 0.500. The van der Waals surface area contributed by atoms with Gasteiger partial charge in [-0.2, -0.15) is 0 Å². The summed E-state index contributed by atoms with van der Waals surface area (Å²) < 4.78 is 0. The molecule has 0 aromatic carbocycles. The van der Waals surface area contributed by atoms with E-state index >= 15 is 0 Å². The molecule has 1 aromatic rings. The molecule has 1 fully saturated rings. The van der Waals surface area contributed by atoms with Crippen LogP contribution in [0.5, 0.6) is 0 Å². The number of hydrogen-bond acceptors (Lipinski definition) is 3. The summed E-state index contributed by atoms with van der Waals surface area (Å²) in [6.45, 7) is 2.51. The van der Waals surface area contributed by atoms with Gasteiger partial charge in [0.25, 0.3) is 5.91 Å². The Bertz CT molecular complexity index is 487. The van der Waals surface area contributed by atoms with Gasteiger partial charge in [0.2, 0.25) is 0 Å². The van der Waals surface area contributed by atoms with E-state index in [9.17, 15) is 9.59 Å². The maximum atomic E-state index is 12.4. The maximum Gasteiger partial charge on any atom is 0.305 e. The Morgan fingerprint density at radius 3 is 2.89 bits per heavy atom. The quantitative estimate of drug-likeness (QED) is 0.902. The summed E-state index contributed by atoms with van der Waals surface area (Å²) in [4.78, 5) is 29.0. The van der Waals surface area contributed by atoms with Gasteiger partial charge in [-0.15, -0.1) is 0 Å². The predicted octanol–water partition coefficient (Wildman–Crippen LogP) is 1.86. The van der Waals surface area contributed by atoms with Crippen LogP contribution in [0.4, 0.5) is 0 Å². The molecule has 1 saturated heterocycles. The molecule has 19 heavy (non-hydrogen) atoms. The van der Waals surface area contributed by atoms with Crippen molar-refractivity contribution in [1.82, 2.24) is 9.88 Å². The molecule has 1 unspecified atom stereocenters. The van der Waals surface area contributed by atoms with Crippen molar-refractivity contribution < 1.29 is 14.7 Å². The molecule has 0 saturated carbocycles. The standard InChI is InChI=1S/C14H18N2O3/c1-10-6-11(9-15-8-10)14(19)16-5-3-2-4-12(16)7-13(17)18/h6,8-9,12H,2-5,7H2,1H3,(H,17,18). The number of amides is 1. The lowest BCUT2D eigenvalue weighted by Crippen LogP contribution is -2.44. The predicted molar refractivity (Wildman–Crippen MR) is 69.9 cm³/mol. The Hall–Kier alpha value is -1.91. The Kier molecular flexibility index (Phi) is 4.14. The number of aryl methyl sites for hydroxylation is 1. The van der Waals surface area contributed by atoms with Gasteiger partial charge < -0.3 is 10.0 Å². The van der Waals surface area contributed by atoms with Crippen LogP contribution in [0, 0.1) is 6.92 Å². The van der Waals surface area contributed by atoms with Gasteiger partial charge in [0.1, 0.15) is 0 Å². The van der Waals surface area contributed by atoms with Gasteiger partial charge in [0.15, 0.2) is 0 Å². The van der Waals surface area contributed by atoms with Gasteiger partial charge >= 0.3 is 5.97 Å². The van der Waals surface area contributed by atoms with Crippen molar-refractivity contribution >= 4 is 11.9 Å². The number of nitrogens with zero attached hydrogens (tertiary/aromatic N) is 2. The second-order valence-corrected chi connectivity index (χ2v) is 5.00. The van der Waals surface area contributed by atoms with E-state index < -0.39 is 5.97 Å². The van der Waals surface area contributed by atoms with E-state index in [1.165, 1.54) is 0 Å². The SMILES string of the molecule is Cc1cncc(C(=O)N2CCCCC2CC(=O)O)c1. The second kappa shape index (κ2) is 5.82. The molecular formula is C14H18N2O3. The molecule has 2 rings (SSSR count). The Labute approximate surface area is 112 Å². The van der Waals surface area contributed by atoms with Crippen molar-refractivity contribution in [3.05, 3.63) is 29.6 Å². The molecule has 1 aliphatic heterocycles. The summed E-state index contributed by atoms with van der Waals surface area (Å²) >= 11 is 0. The summed E-state index contributed by atoms with van der Waals surface area (Å²) in [7, 11) is 0. The maximum absolute atomic E-state index is 12.4. The number of carbonyl (C=O) groups excluding carboxylic acids is 1. The molecule has 1 aromatic heterocycles. The van der Waals surface area contributed by atoms with Crippen LogP contribution in [-0.4, -0.2) is 39.5 Å². The number of likely N-dealkylation sites (tertiary alicyclic amines) is 1. The topological polar surface area (TPSA) is 70.5 Å². The van der Waals surface area contributed by atoms with Crippen LogP contribution in [0.2, 0.25) is 0 Å². The fourth-order valence-corrected chi connectivity index (χ4v) is 2.52. The number of piperidine rings is 1. The highest BCUT2D eigenvalue weighted by atomic mass is 16.4. The van der Waals surface area contributed by atoms with Crippen molar-refractivity contribution in [3.63, 3.8) is 0 Å². The number of pyridine rings is 1. The van der Waals surface area contributed by atoms with E-state index in [4.69, 9.17) is 5.11 Å². The lowest BCUT2D eigenvalue weighted by atomic mass is 9.98. The van der Waals surface area contributed by atoms with Crippen LogP contribution in [0.25, 0.3) is 0 Å². The molecule has 1 amide bonds. The van der Waals surface area contributed by atoms with Crippen molar-refractivity contribution in [1.29, 1.82) is 0 Å². The van der Waals surface area contributed by atoms with Crippen molar-refractivity contribution in [2.24, 2.45) is 0 Å². The summed E-state index contributed by atoms with van der Waals surface area (Å²) in [6.07, 6.45) is 5.93. The monoisotopic (exact) mass is 262 g/mol. The smallest absolute Gasteiger partial charge is 0.305 e. The van der Waals surface area contributed by atoms with Crippen molar-refractivity contribution in [2.75, 3.05) is 6.54 Å². The first-order chi connectivity index (χ1) is 9.08. The zero-order chi connectivity index (χ0) is 13.8. The zero-order valence-electron chi connectivity index (χ0n) is 11.0. The van der Waals surface area contributed by atoms with E-state index in [0.29, 0.717) is 12.1 Å². The van der Waals surface area contributed by atoms with Gasteiger partial charge in [0, 0.05) is 25.0 Å². The van der Waals surface area contributed by atoms with E-state index in [1.54, 1.807) is 23.4 Å². The Morgan fingerprint density at radius 1 is 1.42 bits per heavy atom. The Morgan fingerprint density at radius 2 is 2.21 bits per heavy atom. The number of carbonyl (C=O) groups is 2. The van der Waals surface area contributed by atoms with Gasteiger partial charge in [-0.1, -0.05) is 0 Å². The molecule has 1 atom stereocenters. The fourth-order valence-electron chi connectivity index (χ4n) is 2.52. The first-order valence-electron chi connectivity index (χ1n) is 6.52. The average molecular weight is 262 g/mol. The molecule has 5 heteroatoms. The van der Waals surface area contributed by atoms with Gasteiger partial charge in [-0.3, -0.25) is 14.6 Å². The largest absolute Gasteiger partial charge is 0.481 e. The van der Waals surface area contributed by atoms with Crippen LogP contribution in [0.1, 0.15) is 41.6 Å². The van der Waals surface area contributed by atoms with Crippen LogP contribution in [0.3, 0.4) is 0 Å². The van der Waals surface area contributed by atoms with Gasteiger partial charge in [0.05, 0.1) is 12.0 Å². The highest BCUT2D eigenvalue weighted by Crippen LogP contribution is 2.22. The normalized spacial score (nSPS) is 19.2. The molecule has 1 aliphatic rings. The number of aromatic nitrogens is 1. The molecule has 0 bridgehead atoms. The summed E-state index contributed by atoms with van der Waals surface area (Å²) in [5.74, 6) is -0.964. The van der Waals surface area contributed by atoms with Crippen molar-refractivity contribution in [2.45, 2.75) is 38.6 Å². The molecule has 5 nitrogen and oxygen atoms in total. The molecular weight excluding hydrogens is 244 g/mol. The van der Waals surface area contributed by atoms with Crippen LogP contribution < -0.4 is 0 Å². The minimum absolute atomic E-state index is 0.0188. The summed E-state index contributed by atoms with van der Waals surface area (Å²) in [5.41, 5.74) is 1.47. The second-order valence-electron chi connectivity index (χ2n) is 5.00. The van der Waals surface area contributed by atoms with E-state index in [0.717, 1.165) is 24.8 Å². The number of rotatable bonds is 3. The number of carboxylic acids is 1. The van der Waals surface area contributed by atoms with Gasteiger partial charge in [-0.05, 0) is 37.8 Å². The lowest BCUT2D eigenvalue weighted by molar-refractivity contribution is -0.138. The third kappa shape index (κ3) is 3.30. The molecule has 2 heterocycles. The van der Waals surface area contributed by atoms with Crippen LogP contribution >= 0.6 is 0 Å².